The van der Waals surface area contributed by atoms with Crippen LogP contribution in [0.2, 0.25) is 5.02 Å². The van der Waals surface area contributed by atoms with Gasteiger partial charge >= 0.3 is 0 Å². The van der Waals surface area contributed by atoms with Crippen molar-refractivity contribution in [3.63, 3.8) is 0 Å². The van der Waals surface area contributed by atoms with E-state index in [0.717, 1.165) is 18.4 Å². The average molecular weight is 278 g/mol. The Morgan fingerprint density at radius 2 is 1.84 bits per heavy atom. The lowest BCUT2D eigenvalue weighted by Crippen LogP contribution is -2.50. The average Bonchev–Trinajstić information content (AvgIpc) is 2.38. The highest BCUT2D eigenvalue weighted by molar-refractivity contribution is 6.30. The van der Waals surface area contributed by atoms with Gasteiger partial charge in [0.15, 0.2) is 0 Å². The maximum Gasteiger partial charge on any atom is 0.223 e. The van der Waals surface area contributed by atoms with E-state index in [1.807, 2.05) is 29.2 Å². The van der Waals surface area contributed by atoms with E-state index in [-0.39, 0.29) is 23.8 Å². The van der Waals surface area contributed by atoms with Crippen molar-refractivity contribution >= 4 is 23.3 Å². The lowest BCUT2D eigenvalue weighted by molar-refractivity contribution is -0.145. The highest BCUT2D eigenvalue weighted by atomic mass is 35.5. The standard InChI is InChI=1S/C15H16ClNO2/c16-11-6-4-10(5-7-11)14-9-13(18)8-12-2-1-3-15(19)17(12)14/h4-7,12,14H,1-3,8-9H2. The van der Waals surface area contributed by atoms with E-state index < -0.39 is 0 Å². The van der Waals surface area contributed by atoms with E-state index in [9.17, 15) is 9.59 Å². The Kier molecular flexibility index (Phi) is 3.31. The first-order valence-corrected chi connectivity index (χ1v) is 7.11. The fourth-order valence-corrected chi connectivity index (χ4v) is 3.34. The van der Waals surface area contributed by atoms with Gasteiger partial charge in [-0.3, -0.25) is 9.59 Å². The molecule has 2 saturated heterocycles. The molecule has 1 amide bonds. The van der Waals surface area contributed by atoms with Gasteiger partial charge in [-0.05, 0) is 30.5 Å². The molecule has 0 N–H and O–H groups in total. The number of piperidine rings is 2. The molecule has 3 rings (SSSR count). The number of carbonyl (C=O) groups excluding carboxylic acids is 2. The van der Waals surface area contributed by atoms with Crippen LogP contribution < -0.4 is 0 Å². The van der Waals surface area contributed by atoms with E-state index in [2.05, 4.69) is 0 Å². The number of hydrogen-bond acceptors (Lipinski definition) is 2. The molecule has 2 fully saturated rings. The molecule has 0 radical (unpaired) electrons. The van der Waals surface area contributed by atoms with Crippen molar-refractivity contribution in [3.05, 3.63) is 34.9 Å². The Morgan fingerprint density at radius 1 is 1.11 bits per heavy atom. The van der Waals surface area contributed by atoms with Gasteiger partial charge in [0.1, 0.15) is 5.78 Å². The fraction of sp³-hybridized carbons (Fsp3) is 0.467. The number of carbonyl (C=O) groups is 2. The summed E-state index contributed by atoms with van der Waals surface area (Å²) in [5.41, 5.74) is 1.01. The second kappa shape index (κ2) is 4.97. The number of nitrogens with zero attached hydrogens (tertiary/aromatic N) is 1. The Labute approximate surface area is 117 Å². The molecule has 0 saturated carbocycles. The van der Waals surface area contributed by atoms with Crippen molar-refractivity contribution in [1.82, 2.24) is 4.90 Å². The summed E-state index contributed by atoms with van der Waals surface area (Å²) in [6, 6.07) is 7.48. The fourth-order valence-electron chi connectivity index (χ4n) is 3.21. The number of amides is 1. The largest absolute Gasteiger partial charge is 0.332 e. The molecule has 2 aliphatic heterocycles. The van der Waals surface area contributed by atoms with Gasteiger partial charge < -0.3 is 4.90 Å². The number of hydrogen-bond donors (Lipinski definition) is 0. The molecule has 0 aromatic heterocycles. The van der Waals surface area contributed by atoms with Crippen LogP contribution in [0.5, 0.6) is 0 Å². The van der Waals surface area contributed by atoms with E-state index >= 15 is 0 Å². The number of halogens is 1. The predicted molar refractivity (Wildman–Crippen MR) is 72.9 cm³/mol. The lowest BCUT2D eigenvalue weighted by atomic mass is 9.85. The molecule has 100 valence electrons. The summed E-state index contributed by atoms with van der Waals surface area (Å²) in [6.07, 6.45) is 3.41. The van der Waals surface area contributed by atoms with Gasteiger partial charge in [0.25, 0.3) is 0 Å². The Bertz CT molecular complexity index is 511. The molecule has 1 aromatic carbocycles. The third kappa shape index (κ3) is 2.39. The zero-order valence-corrected chi connectivity index (χ0v) is 11.4. The third-order valence-electron chi connectivity index (χ3n) is 4.08. The number of benzene rings is 1. The molecule has 1 aromatic rings. The van der Waals surface area contributed by atoms with Crippen molar-refractivity contribution in [2.45, 2.75) is 44.2 Å². The van der Waals surface area contributed by atoms with Gasteiger partial charge in [-0.15, -0.1) is 0 Å². The van der Waals surface area contributed by atoms with Crippen LogP contribution in [0.3, 0.4) is 0 Å². The molecule has 19 heavy (non-hydrogen) atoms. The second-order valence-corrected chi connectivity index (χ2v) is 5.80. The monoisotopic (exact) mass is 277 g/mol. The van der Waals surface area contributed by atoms with Crippen LogP contribution in [-0.4, -0.2) is 22.6 Å². The van der Waals surface area contributed by atoms with E-state index in [1.165, 1.54) is 0 Å². The summed E-state index contributed by atoms with van der Waals surface area (Å²) in [5, 5.41) is 0.674. The lowest BCUT2D eigenvalue weighted by Gasteiger charge is -2.44. The zero-order chi connectivity index (χ0) is 13.4. The highest BCUT2D eigenvalue weighted by Gasteiger charge is 2.40. The topological polar surface area (TPSA) is 37.4 Å². The van der Waals surface area contributed by atoms with Crippen LogP contribution in [0.4, 0.5) is 0 Å². The molecule has 2 heterocycles. The van der Waals surface area contributed by atoms with E-state index in [1.54, 1.807) is 0 Å². The van der Waals surface area contributed by atoms with Crippen LogP contribution >= 0.6 is 11.6 Å². The van der Waals surface area contributed by atoms with Crippen molar-refractivity contribution in [2.24, 2.45) is 0 Å². The maximum atomic E-state index is 12.2. The van der Waals surface area contributed by atoms with E-state index in [4.69, 9.17) is 11.6 Å². The van der Waals surface area contributed by atoms with Crippen LogP contribution in [0, 0.1) is 0 Å². The van der Waals surface area contributed by atoms with Crippen LogP contribution in [0.25, 0.3) is 0 Å². The smallest absolute Gasteiger partial charge is 0.223 e. The van der Waals surface area contributed by atoms with Crippen LogP contribution in [0.1, 0.15) is 43.7 Å². The summed E-state index contributed by atoms with van der Waals surface area (Å²) in [5.74, 6) is 0.444. The summed E-state index contributed by atoms with van der Waals surface area (Å²) in [7, 11) is 0. The van der Waals surface area contributed by atoms with Gasteiger partial charge in [0.05, 0.1) is 6.04 Å². The molecular formula is C15H16ClNO2. The molecule has 3 nitrogen and oxygen atoms in total. The molecule has 0 spiro atoms. The highest BCUT2D eigenvalue weighted by Crippen LogP contribution is 2.37. The van der Waals surface area contributed by atoms with E-state index in [0.29, 0.717) is 24.3 Å². The SMILES string of the molecule is O=C1CC2CCCC(=O)N2C(c2ccc(Cl)cc2)C1. The minimum atomic E-state index is -0.101. The Balaban J connectivity index is 1.94. The van der Waals surface area contributed by atoms with Crippen molar-refractivity contribution in [1.29, 1.82) is 0 Å². The second-order valence-electron chi connectivity index (χ2n) is 5.36. The summed E-state index contributed by atoms with van der Waals surface area (Å²) in [4.78, 5) is 26.0. The first-order valence-electron chi connectivity index (χ1n) is 6.73. The van der Waals surface area contributed by atoms with Gasteiger partial charge in [-0.25, -0.2) is 0 Å². The number of Topliss-reactive ketones (excluding diaryl/α,β-unsaturated/α-hetero) is 1. The van der Waals surface area contributed by atoms with Crippen molar-refractivity contribution in [2.75, 3.05) is 0 Å². The molecule has 4 heteroatoms. The Morgan fingerprint density at radius 3 is 2.58 bits per heavy atom. The van der Waals surface area contributed by atoms with Crippen LogP contribution in [0.15, 0.2) is 24.3 Å². The first kappa shape index (κ1) is 12.7. The molecule has 0 aliphatic carbocycles. The van der Waals surface area contributed by atoms with Crippen molar-refractivity contribution < 1.29 is 9.59 Å². The number of ketones is 1. The van der Waals surface area contributed by atoms with Gasteiger partial charge in [0.2, 0.25) is 5.91 Å². The normalized spacial score (nSPS) is 27.3. The number of rotatable bonds is 1. The first-order chi connectivity index (χ1) is 9.15. The number of fused-ring (bicyclic) bond motifs is 1. The molecule has 0 bridgehead atoms. The van der Waals surface area contributed by atoms with Crippen LogP contribution in [-0.2, 0) is 9.59 Å². The maximum absolute atomic E-state index is 12.2. The zero-order valence-electron chi connectivity index (χ0n) is 10.6. The van der Waals surface area contributed by atoms with Crippen molar-refractivity contribution in [3.8, 4) is 0 Å². The minimum absolute atomic E-state index is 0.100. The predicted octanol–water partition coefficient (Wildman–Crippen LogP) is 3.13. The quantitative estimate of drug-likeness (QED) is 0.791. The third-order valence-corrected chi connectivity index (χ3v) is 4.34. The van der Waals surface area contributed by atoms with Gasteiger partial charge in [0, 0.05) is 30.3 Å². The van der Waals surface area contributed by atoms with Gasteiger partial charge in [-0.1, -0.05) is 23.7 Å². The minimum Gasteiger partial charge on any atom is -0.332 e. The summed E-state index contributed by atoms with van der Waals surface area (Å²) in [6.45, 7) is 0. The summed E-state index contributed by atoms with van der Waals surface area (Å²) >= 11 is 5.90. The molecule has 2 aliphatic rings. The molecule has 2 atom stereocenters. The summed E-state index contributed by atoms with van der Waals surface area (Å²) < 4.78 is 0. The molecular weight excluding hydrogens is 262 g/mol. The Hall–Kier alpha value is -1.35. The van der Waals surface area contributed by atoms with Gasteiger partial charge in [-0.2, -0.15) is 0 Å². The molecule has 2 unspecified atom stereocenters.